The lowest BCUT2D eigenvalue weighted by molar-refractivity contribution is -0.305. The maximum atomic E-state index is 12.1. The van der Waals surface area contributed by atoms with E-state index in [9.17, 15) is 25.2 Å². The molecule has 3 aromatic rings. The molecular formula is C27H33N3O7. The maximum absolute atomic E-state index is 12.1. The highest BCUT2D eigenvalue weighted by molar-refractivity contribution is 5.90. The summed E-state index contributed by atoms with van der Waals surface area (Å²) in [5.74, 6) is -0.582. The second-order valence-electron chi connectivity index (χ2n) is 9.13. The summed E-state index contributed by atoms with van der Waals surface area (Å²) < 4.78 is 5.27. The molecule has 5 atom stereocenters. The number of aromatic amines is 1. The average Bonchev–Trinajstić information content (AvgIpc) is 3.31. The number of nitrogens with one attached hydrogen (secondary N) is 2. The molecule has 4 rings (SSSR count). The second kappa shape index (κ2) is 12.4. The monoisotopic (exact) mass is 511 g/mol. The minimum absolute atomic E-state index is 0.0573. The van der Waals surface area contributed by atoms with Gasteiger partial charge in [0.05, 0.1) is 12.7 Å². The molecule has 0 saturated carbocycles. The number of hydrogen-bond acceptors (Lipinski definition) is 8. The van der Waals surface area contributed by atoms with E-state index in [2.05, 4.69) is 21.4 Å². The Balaban J connectivity index is 1.29. The van der Waals surface area contributed by atoms with E-state index in [-0.39, 0.29) is 6.61 Å². The summed E-state index contributed by atoms with van der Waals surface area (Å²) in [5.41, 5.74) is 6.27. The van der Waals surface area contributed by atoms with Crippen LogP contribution in [0.5, 0.6) is 0 Å². The third-order valence-corrected chi connectivity index (χ3v) is 6.38. The minimum atomic E-state index is -1.51. The van der Waals surface area contributed by atoms with Gasteiger partial charge in [-0.25, -0.2) is 10.3 Å². The Morgan fingerprint density at radius 1 is 1.08 bits per heavy atom. The van der Waals surface area contributed by atoms with E-state index in [1.807, 2.05) is 48.7 Å². The lowest BCUT2D eigenvalue weighted by atomic mass is 10.0. The van der Waals surface area contributed by atoms with Crippen LogP contribution < -0.4 is 5.48 Å². The van der Waals surface area contributed by atoms with Gasteiger partial charge in [0.2, 0.25) is 6.29 Å². The van der Waals surface area contributed by atoms with Crippen molar-refractivity contribution in [2.24, 2.45) is 0 Å². The van der Waals surface area contributed by atoms with Crippen LogP contribution in [0.3, 0.4) is 0 Å². The molecule has 1 aromatic heterocycles. The number of amides is 1. The van der Waals surface area contributed by atoms with Crippen LogP contribution in [0.15, 0.2) is 60.8 Å². The molecule has 10 nitrogen and oxygen atoms in total. The van der Waals surface area contributed by atoms with E-state index in [1.165, 1.54) is 23.9 Å². The van der Waals surface area contributed by atoms with Crippen LogP contribution in [-0.4, -0.2) is 80.1 Å². The van der Waals surface area contributed by atoms with E-state index in [0.717, 1.165) is 16.6 Å². The lowest BCUT2D eigenvalue weighted by Gasteiger charge is -2.38. The first-order valence-corrected chi connectivity index (χ1v) is 12.2. The van der Waals surface area contributed by atoms with Crippen LogP contribution in [0, 0.1) is 0 Å². The van der Waals surface area contributed by atoms with Crippen molar-refractivity contribution in [3.63, 3.8) is 0 Å². The number of carbonyl (C=O) groups excluding carboxylic acids is 1. The molecule has 1 amide bonds. The maximum Gasteiger partial charge on any atom is 0.267 e. The van der Waals surface area contributed by atoms with Gasteiger partial charge < -0.3 is 30.1 Å². The number of aromatic nitrogens is 1. The zero-order chi connectivity index (χ0) is 26.4. The molecule has 1 aliphatic rings. The van der Waals surface area contributed by atoms with Gasteiger partial charge in [0, 0.05) is 42.8 Å². The van der Waals surface area contributed by atoms with E-state index in [4.69, 9.17) is 9.57 Å². The number of aliphatic hydroxyl groups excluding tert-OH is 4. The number of rotatable bonds is 10. The fraction of sp³-hybridized carbons (Fsp3) is 0.370. The molecule has 2 aromatic carbocycles. The molecule has 0 bridgehead atoms. The van der Waals surface area contributed by atoms with Gasteiger partial charge in [0.25, 0.3) is 5.91 Å². The largest absolute Gasteiger partial charge is 0.395 e. The molecule has 1 aliphatic heterocycles. The van der Waals surface area contributed by atoms with Crippen molar-refractivity contribution >= 4 is 22.9 Å². The SMILES string of the molecule is C[C@@H]1O[C@@H](ONC(=O)/C=C/c2ccc(CN(CCO)Cc3c[nH]c4ccccc34)cc2)[C@@H](O)[C@H](O)[C@@H]1O. The van der Waals surface area contributed by atoms with Gasteiger partial charge in [-0.15, -0.1) is 0 Å². The topological polar surface area (TPSA) is 148 Å². The summed E-state index contributed by atoms with van der Waals surface area (Å²) in [6, 6.07) is 15.8. The van der Waals surface area contributed by atoms with Crippen molar-refractivity contribution in [1.29, 1.82) is 0 Å². The molecule has 37 heavy (non-hydrogen) atoms. The second-order valence-corrected chi connectivity index (χ2v) is 9.13. The predicted molar refractivity (Wildman–Crippen MR) is 137 cm³/mol. The average molecular weight is 512 g/mol. The first-order valence-electron chi connectivity index (χ1n) is 12.2. The molecule has 6 N–H and O–H groups in total. The number of hydroxylamine groups is 1. The zero-order valence-corrected chi connectivity index (χ0v) is 20.5. The number of para-hydroxylation sites is 1. The Bertz CT molecular complexity index is 1200. The Morgan fingerprint density at radius 2 is 1.84 bits per heavy atom. The fourth-order valence-electron chi connectivity index (χ4n) is 4.28. The van der Waals surface area contributed by atoms with Crippen LogP contribution in [0.4, 0.5) is 0 Å². The summed E-state index contributed by atoms with van der Waals surface area (Å²) in [6.07, 6.45) is -1.41. The molecule has 0 radical (unpaired) electrons. The quantitative estimate of drug-likeness (QED) is 0.175. The first-order chi connectivity index (χ1) is 17.9. The van der Waals surface area contributed by atoms with E-state index in [1.54, 1.807) is 6.08 Å². The smallest absolute Gasteiger partial charge is 0.267 e. The van der Waals surface area contributed by atoms with Gasteiger partial charge in [-0.1, -0.05) is 42.5 Å². The predicted octanol–water partition coefficient (Wildman–Crippen LogP) is 1.05. The normalized spacial score (nSPS) is 24.2. The van der Waals surface area contributed by atoms with E-state index < -0.39 is 36.6 Å². The standard InChI is InChI=1S/C27H33N3O7/c1-17-24(33)25(34)26(35)27(36-17)37-29-23(32)11-10-18-6-8-19(9-7-18)15-30(12-13-31)16-20-14-28-22-5-3-2-4-21(20)22/h2-11,14,17,24-28,31,33-35H,12-13,15-16H2,1H3,(H,29,32)/b11-10+/t17-,24+,25+,26-,27-/m0/s1. The van der Waals surface area contributed by atoms with Crippen molar-refractivity contribution in [1.82, 2.24) is 15.4 Å². The first kappa shape index (κ1) is 27.0. The van der Waals surface area contributed by atoms with Crippen LogP contribution in [0.25, 0.3) is 17.0 Å². The van der Waals surface area contributed by atoms with Gasteiger partial charge in [-0.05, 0) is 35.8 Å². The molecule has 0 aliphatic carbocycles. The van der Waals surface area contributed by atoms with Gasteiger partial charge in [0.1, 0.15) is 18.3 Å². The summed E-state index contributed by atoms with van der Waals surface area (Å²) >= 11 is 0. The summed E-state index contributed by atoms with van der Waals surface area (Å²) in [6.45, 7) is 3.46. The molecule has 0 unspecified atom stereocenters. The van der Waals surface area contributed by atoms with Crippen molar-refractivity contribution in [2.45, 2.75) is 50.7 Å². The number of carbonyl (C=O) groups is 1. The Morgan fingerprint density at radius 3 is 2.59 bits per heavy atom. The van der Waals surface area contributed by atoms with E-state index in [0.29, 0.717) is 19.6 Å². The minimum Gasteiger partial charge on any atom is -0.395 e. The number of ether oxygens (including phenoxy) is 1. The number of benzene rings is 2. The molecule has 198 valence electrons. The lowest BCUT2D eigenvalue weighted by Crippen LogP contribution is -2.58. The van der Waals surface area contributed by atoms with Gasteiger partial charge >= 0.3 is 0 Å². The molecule has 1 fully saturated rings. The van der Waals surface area contributed by atoms with Crippen LogP contribution in [0.2, 0.25) is 0 Å². The summed E-state index contributed by atoms with van der Waals surface area (Å²) in [7, 11) is 0. The Kier molecular flexibility index (Phi) is 9.06. The summed E-state index contributed by atoms with van der Waals surface area (Å²) in [5, 5.41) is 40.2. The third-order valence-electron chi connectivity index (χ3n) is 6.38. The highest BCUT2D eigenvalue weighted by atomic mass is 16.8. The molecule has 1 saturated heterocycles. The number of nitrogens with zero attached hydrogens (tertiary/aromatic N) is 1. The van der Waals surface area contributed by atoms with Crippen molar-refractivity contribution < 1.29 is 34.8 Å². The number of aliphatic hydroxyl groups is 4. The van der Waals surface area contributed by atoms with Crippen molar-refractivity contribution in [3.05, 3.63) is 77.5 Å². The summed E-state index contributed by atoms with van der Waals surface area (Å²) in [4.78, 5) is 22.6. The molecule has 2 heterocycles. The van der Waals surface area contributed by atoms with Gasteiger partial charge in [-0.3, -0.25) is 9.69 Å². The van der Waals surface area contributed by atoms with Crippen molar-refractivity contribution in [3.8, 4) is 0 Å². The van der Waals surface area contributed by atoms with Crippen molar-refractivity contribution in [2.75, 3.05) is 13.2 Å². The van der Waals surface area contributed by atoms with Crippen LogP contribution >= 0.6 is 0 Å². The highest BCUT2D eigenvalue weighted by Crippen LogP contribution is 2.22. The highest BCUT2D eigenvalue weighted by Gasteiger charge is 2.42. The van der Waals surface area contributed by atoms with Crippen LogP contribution in [-0.2, 0) is 27.5 Å². The molecule has 10 heteroatoms. The molecular weight excluding hydrogens is 478 g/mol. The zero-order valence-electron chi connectivity index (χ0n) is 20.5. The van der Waals surface area contributed by atoms with Gasteiger partial charge in [0.15, 0.2) is 0 Å². The Labute approximate surface area is 214 Å². The number of fused-ring (bicyclic) bond motifs is 1. The number of H-pyrrole nitrogens is 1. The number of hydrogen-bond donors (Lipinski definition) is 6. The third kappa shape index (κ3) is 6.82. The molecule has 0 spiro atoms. The van der Waals surface area contributed by atoms with Gasteiger partial charge in [-0.2, -0.15) is 0 Å². The van der Waals surface area contributed by atoms with E-state index >= 15 is 0 Å². The van der Waals surface area contributed by atoms with Crippen LogP contribution in [0.1, 0.15) is 23.6 Å². The Hall–Kier alpha value is -3.09. The fourth-order valence-corrected chi connectivity index (χ4v) is 4.28.